The minimum absolute atomic E-state index is 0.00358. The number of aryl methyl sites for hydroxylation is 2. The first-order valence-electron chi connectivity index (χ1n) is 9.19. The van der Waals surface area contributed by atoms with Crippen LogP contribution < -0.4 is 0 Å². The Morgan fingerprint density at radius 1 is 1.28 bits per heavy atom. The predicted octanol–water partition coefficient (Wildman–Crippen LogP) is 4.45. The van der Waals surface area contributed by atoms with Gasteiger partial charge in [0.05, 0.1) is 18.8 Å². The van der Waals surface area contributed by atoms with Crippen LogP contribution in [0.4, 0.5) is 0 Å². The number of hydrogen-bond donors (Lipinski definition) is 1. The number of thiophene rings is 1. The standard InChI is InChI=1S/C21H26O3S/c1-4-18-5-6-19(25-18)9-15-10-20-16(7-13(15)2)12-23-21(20)11-17(22)8-14(3)24-21/h5-7,10,14,17,22H,4,8-9,11-12H2,1-3H3/t14?,17?,21-/m1/s1. The number of benzene rings is 1. The topological polar surface area (TPSA) is 38.7 Å². The molecule has 0 saturated carbocycles. The van der Waals surface area contributed by atoms with E-state index in [-0.39, 0.29) is 12.2 Å². The van der Waals surface area contributed by atoms with Crippen molar-refractivity contribution in [3.63, 3.8) is 0 Å². The lowest BCUT2D eigenvalue weighted by molar-refractivity contribution is -0.295. The van der Waals surface area contributed by atoms with Gasteiger partial charge in [0, 0.05) is 28.2 Å². The van der Waals surface area contributed by atoms with E-state index >= 15 is 0 Å². The molecule has 3 heterocycles. The van der Waals surface area contributed by atoms with Crippen LogP contribution in [0.25, 0.3) is 0 Å². The molecule has 2 unspecified atom stereocenters. The lowest BCUT2D eigenvalue weighted by Gasteiger charge is -2.39. The van der Waals surface area contributed by atoms with Crippen LogP contribution in [0, 0.1) is 6.92 Å². The SMILES string of the molecule is CCc1ccc(Cc2cc3c(cc2C)CO[C@@]32CC(O)CC(C)O2)s1. The number of aliphatic hydroxyl groups excluding tert-OH is 1. The number of rotatable bonds is 3. The van der Waals surface area contributed by atoms with Gasteiger partial charge in [0.1, 0.15) is 0 Å². The molecule has 4 rings (SSSR count). The molecule has 25 heavy (non-hydrogen) atoms. The number of ether oxygens (including phenoxy) is 2. The van der Waals surface area contributed by atoms with Crippen LogP contribution >= 0.6 is 11.3 Å². The van der Waals surface area contributed by atoms with E-state index in [0.29, 0.717) is 19.4 Å². The average Bonchev–Trinajstić information content (AvgIpc) is 3.13. The van der Waals surface area contributed by atoms with Crippen LogP contribution in [-0.4, -0.2) is 17.3 Å². The Balaban J connectivity index is 1.68. The summed E-state index contributed by atoms with van der Waals surface area (Å²) in [5.74, 6) is -0.765. The second-order valence-corrected chi connectivity index (χ2v) is 8.65. The van der Waals surface area contributed by atoms with Gasteiger partial charge in [-0.15, -0.1) is 11.3 Å². The van der Waals surface area contributed by atoms with Gasteiger partial charge in [-0.2, -0.15) is 0 Å². The van der Waals surface area contributed by atoms with Gasteiger partial charge in [0.15, 0.2) is 5.79 Å². The van der Waals surface area contributed by atoms with Crippen LogP contribution in [0.1, 0.15) is 58.7 Å². The third-order valence-electron chi connectivity index (χ3n) is 5.36. The van der Waals surface area contributed by atoms with Crippen LogP contribution in [0.3, 0.4) is 0 Å². The van der Waals surface area contributed by atoms with E-state index in [4.69, 9.17) is 9.47 Å². The third kappa shape index (κ3) is 3.17. The summed E-state index contributed by atoms with van der Waals surface area (Å²) in [6.45, 7) is 6.95. The summed E-state index contributed by atoms with van der Waals surface area (Å²) >= 11 is 1.90. The number of hydrogen-bond acceptors (Lipinski definition) is 4. The second-order valence-electron chi connectivity index (χ2n) is 7.40. The Kier molecular flexibility index (Phi) is 4.49. The van der Waals surface area contributed by atoms with Gasteiger partial charge < -0.3 is 14.6 Å². The van der Waals surface area contributed by atoms with Gasteiger partial charge in [-0.1, -0.05) is 13.0 Å². The molecule has 0 bridgehead atoms. The molecular formula is C21H26O3S. The van der Waals surface area contributed by atoms with E-state index in [1.807, 2.05) is 18.3 Å². The van der Waals surface area contributed by atoms with Gasteiger partial charge in [0.2, 0.25) is 0 Å². The molecule has 1 spiro atoms. The fourth-order valence-electron chi connectivity index (χ4n) is 4.11. The van der Waals surface area contributed by atoms with E-state index in [9.17, 15) is 5.11 Å². The average molecular weight is 359 g/mol. The molecule has 2 aromatic rings. The van der Waals surface area contributed by atoms with Crippen molar-refractivity contribution in [3.8, 4) is 0 Å². The zero-order chi connectivity index (χ0) is 17.6. The van der Waals surface area contributed by atoms with Crippen LogP contribution in [0.15, 0.2) is 24.3 Å². The Morgan fingerprint density at radius 2 is 2.08 bits per heavy atom. The van der Waals surface area contributed by atoms with E-state index < -0.39 is 5.79 Å². The van der Waals surface area contributed by atoms with E-state index in [2.05, 4.69) is 38.1 Å². The summed E-state index contributed by atoms with van der Waals surface area (Å²) in [4.78, 5) is 2.83. The van der Waals surface area contributed by atoms with Gasteiger partial charge >= 0.3 is 0 Å². The molecule has 0 aliphatic carbocycles. The van der Waals surface area contributed by atoms with Crippen molar-refractivity contribution in [1.29, 1.82) is 0 Å². The molecule has 0 amide bonds. The molecule has 2 aliphatic rings. The minimum atomic E-state index is -0.765. The van der Waals surface area contributed by atoms with E-state index in [1.54, 1.807) is 0 Å². The Bertz CT molecular complexity index is 769. The van der Waals surface area contributed by atoms with Gasteiger partial charge in [0.25, 0.3) is 0 Å². The Labute approximate surface area is 153 Å². The lowest BCUT2D eigenvalue weighted by atomic mass is 9.89. The normalized spacial score (nSPS) is 28.5. The molecule has 1 fully saturated rings. The predicted molar refractivity (Wildman–Crippen MR) is 99.9 cm³/mol. The first kappa shape index (κ1) is 17.2. The minimum Gasteiger partial charge on any atom is -0.393 e. The van der Waals surface area contributed by atoms with Gasteiger partial charge in [-0.3, -0.25) is 0 Å². The summed E-state index contributed by atoms with van der Waals surface area (Å²) in [5, 5.41) is 10.3. The van der Waals surface area contributed by atoms with Crippen molar-refractivity contribution in [3.05, 3.63) is 56.3 Å². The zero-order valence-corrected chi connectivity index (χ0v) is 16.0. The fraction of sp³-hybridized carbons (Fsp3) is 0.524. The zero-order valence-electron chi connectivity index (χ0n) is 15.2. The first-order chi connectivity index (χ1) is 12.0. The van der Waals surface area contributed by atoms with E-state index in [1.165, 1.54) is 26.4 Å². The molecule has 1 aromatic carbocycles. The molecule has 0 radical (unpaired) electrons. The maximum atomic E-state index is 10.3. The quantitative estimate of drug-likeness (QED) is 0.881. The van der Waals surface area contributed by atoms with Crippen LogP contribution in [-0.2, 0) is 34.7 Å². The molecule has 1 N–H and O–H groups in total. The highest BCUT2D eigenvalue weighted by Gasteiger charge is 2.47. The molecule has 4 heteroatoms. The molecule has 134 valence electrons. The molecule has 2 aliphatic heterocycles. The third-order valence-corrected chi connectivity index (χ3v) is 6.59. The number of aliphatic hydroxyl groups is 1. The van der Waals surface area contributed by atoms with Crippen molar-refractivity contribution in [2.75, 3.05) is 0 Å². The van der Waals surface area contributed by atoms with Crippen molar-refractivity contribution in [1.82, 2.24) is 0 Å². The van der Waals surface area contributed by atoms with E-state index in [0.717, 1.165) is 18.4 Å². The second kappa shape index (κ2) is 6.51. The summed E-state index contributed by atoms with van der Waals surface area (Å²) in [7, 11) is 0. The van der Waals surface area contributed by atoms with Crippen LogP contribution in [0.5, 0.6) is 0 Å². The van der Waals surface area contributed by atoms with Gasteiger partial charge in [-0.05, 0) is 61.6 Å². The Morgan fingerprint density at radius 3 is 2.80 bits per heavy atom. The van der Waals surface area contributed by atoms with Crippen molar-refractivity contribution in [2.45, 2.75) is 71.1 Å². The maximum Gasteiger partial charge on any atom is 0.198 e. The smallest absolute Gasteiger partial charge is 0.198 e. The molecular weight excluding hydrogens is 332 g/mol. The van der Waals surface area contributed by atoms with Crippen molar-refractivity contribution in [2.24, 2.45) is 0 Å². The highest BCUT2D eigenvalue weighted by molar-refractivity contribution is 7.12. The molecule has 1 saturated heterocycles. The maximum absolute atomic E-state index is 10.3. The number of fused-ring (bicyclic) bond motifs is 2. The summed E-state index contributed by atoms with van der Waals surface area (Å²) in [5.41, 5.74) is 4.94. The fourth-order valence-corrected chi connectivity index (χ4v) is 5.09. The first-order valence-corrected chi connectivity index (χ1v) is 10.0. The monoisotopic (exact) mass is 358 g/mol. The summed E-state index contributed by atoms with van der Waals surface area (Å²) in [6, 6.07) is 8.97. The lowest BCUT2D eigenvalue weighted by Crippen LogP contribution is -2.43. The summed E-state index contributed by atoms with van der Waals surface area (Å²) in [6.07, 6.45) is 2.86. The largest absolute Gasteiger partial charge is 0.393 e. The van der Waals surface area contributed by atoms with Crippen molar-refractivity contribution >= 4 is 11.3 Å². The van der Waals surface area contributed by atoms with Crippen molar-refractivity contribution < 1.29 is 14.6 Å². The summed E-state index contributed by atoms with van der Waals surface area (Å²) < 4.78 is 12.3. The highest BCUT2D eigenvalue weighted by Crippen LogP contribution is 2.46. The molecule has 3 atom stereocenters. The molecule has 1 aromatic heterocycles. The Hall–Kier alpha value is -1.20. The highest BCUT2D eigenvalue weighted by atomic mass is 32.1. The molecule has 3 nitrogen and oxygen atoms in total. The van der Waals surface area contributed by atoms with Crippen LogP contribution in [0.2, 0.25) is 0 Å². The van der Waals surface area contributed by atoms with Gasteiger partial charge in [-0.25, -0.2) is 0 Å².